The summed E-state index contributed by atoms with van der Waals surface area (Å²) >= 11 is 5.57. The van der Waals surface area contributed by atoms with Gasteiger partial charge in [-0.05, 0) is 24.0 Å². The highest BCUT2D eigenvalue weighted by Gasteiger charge is 2.08. The molecule has 0 unspecified atom stereocenters. The van der Waals surface area contributed by atoms with E-state index < -0.39 is 0 Å². The Morgan fingerprint density at radius 2 is 1.82 bits per heavy atom. The summed E-state index contributed by atoms with van der Waals surface area (Å²) in [5, 5.41) is 0. The van der Waals surface area contributed by atoms with E-state index in [9.17, 15) is 4.79 Å². The summed E-state index contributed by atoms with van der Waals surface area (Å²) in [6.45, 7) is 2.81. The zero-order chi connectivity index (χ0) is 12.7. The van der Waals surface area contributed by atoms with Crippen molar-refractivity contribution >= 4 is 17.5 Å². The Bertz CT molecular complexity index is 348. The first-order valence-corrected chi connectivity index (χ1v) is 6.58. The van der Waals surface area contributed by atoms with Crippen LogP contribution < -0.4 is 0 Å². The molecule has 0 N–H and O–H groups in total. The minimum absolute atomic E-state index is 0.158. The van der Waals surface area contributed by atoms with Gasteiger partial charge in [-0.3, -0.25) is 4.79 Å². The number of carbonyl (C=O) groups is 1. The number of halogens is 1. The number of benzene rings is 1. The molecule has 2 nitrogen and oxygen atoms in total. The molecule has 0 radical (unpaired) electrons. The zero-order valence-electron chi connectivity index (χ0n) is 10.6. The van der Waals surface area contributed by atoms with Gasteiger partial charge in [-0.15, -0.1) is 11.6 Å². The molecule has 0 aliphatic rings. The third-order valence-corrected chi connectivity index (χ3v) is 3.07. The topological polar surface area (TPSA) is 20.3 Å². The highest BCUT2D eigenvalue weighted by atomic mass is 35.5. The van der Waals surface area contributed by atoms with Gasteiger partial charge in [-0.25, -0.2) is 0 Å². The molecule has 0 fully saturated rings. The van der Waals surface area contributed by atoms with Crippen LogP contribution in [0.5, 0.6) is 0 Å². The predicted molar refractivity (Wildman–Crippen MR) is 72.2 cm³/mol. The van der Waals surface area contributed by atoms with Gasteiger partial charge in [-0.2, -0.15) is 0 Å². The standard InChI is InChI=1S/C14H20ClNO/c1-3-12-6-8-13(9-7-12)11-16(2)14(17)5-4-10-15/h6-9H,3-5,10-11H2,1-2H3. The molecule has 1 rings (SSSR count). The van der Waals surface area contributed by atoms with Crippen LogP contribution in [0.3, 0.4) is 0 Å². The Balaban J connectivity index is 2.49. The molecule has 0 bridgehead atoms. The molecule has 1 aromatic carbocycles. The number of hydrogen-bond acceptors (Lipinski definition) is 1. The molecule has 0 heterocycles. The number of hydrogen-bond donors (Lipinski definition) is 0. The van der Waals surface area contributed by atoms with Crippen molar-refractivity contribution in [3.05, 3.63) is 35.4 Å². The van der Waals surface area contributed by atoms with Gasteiger partial charge in [0.15, 0.2) is 0 Å². The number of carbonyl (C=O) groups excluding carboxylic acids is 1. The fraction of sp³-hybridized carbons (Fsp3) is 0.500. The molecule has 17 heavy (non-hydrogen) atoms. The van der Waals surface area contributed by atoms with Gasteiger partial charge in [-0.1, -0.05) is 31.2 Å². The Hall–Kier alpha value is -1.02. The minimum Gasteiger partial charge on any atom is -0.341 e. The van der Waals surface area contributed by atoms with E-state index in [1.807, 2.05) is 7.05 Å². The largest absolute Gasteiger partial charge is 0.341 e. The van der Waals surface area contributed by atoms with Gasteiger partial charge < -0.3 is 4.90 Å². The van der Waals surface area contributed by atoms with E-state index >= 15 is 0 Å². The Labute approximate surface area is 109 Å². The Kier molecular flexibility index (Phi) is 6.06. The number of amides is 1. The monoisotopic (exact) mass is 253 g/mol. The van der Waals surface area contributed by atoms with Crippen molar-refractivity contribution in [2.24, 2.45) is 0 Å². The van der Waals surface area contributed by atoms with Crippen molar-refractivity contribution in [3.8, 4) is 0 Å². The van der Waals surface area contributed by atoms with Gasteiger partial charge in [0, 0.05) is 25.9 Å². The third kappa shape index (κ3) is 4.78. The van der Waals surface area contributed by atoms with E-state index in [4.69, 9.17) is 11.6 Å². The summed E-state index contributed by atoms with van der Waals surface area (Å²) in [6.07, 6.45) is 2.33. The second-order valence-electron chi connectivity index (χ2n) is 4.21. The summed E-state index contributed by atoms with van der Waals surface area (Å²) in [7, 11) is 1.84. The van der Waals surface area contributed by atoms with Crippen molar-refractivity contribution < 1.29 is 4.79 Å². The van der Waals surface area contributed by atoms with Crippen molar-refractivity contribution in [3.63, 3.8) is 0 Å². The van der Waals surface area contributed by atoms with Crippen LogP contribution in [0.15, 0.2) is 24.3 Å². The average molecular weight is 254 g/mol. The quantitative estimate of drug-likeness (QED) is 0.713. The molecule has 1 aromatic rings. The number of alkyl halides is 1. The average Bonchev–Trinajstić information content (AvgIpc) is 2.36. The van der Waals surface area contributed by atoms with Crippen molar-refractivity contribution in [2.45, 2.75) is 32.7 Å². The van der Waals surface area contributed by atoms with E-state index in [0.717, 1.165) is 12.8 Å². The maximum atomic E-state index is 11.7. The van der Waals surface area contributed by atoms with Gasteiger partial charge in [0.1, 0.15) is 0 Å². The lowest BCUT2D eigenvalue weighted by Gasteiger charge is -2.17. The summed E-state index contributed by atoms with van der Waals surface area (Å²) in [5.74, 6) is 0.704. The maximum absolute atomic E-state index is 11.7. The third-order valence-electron chi connectivity index (χ3n) is 2.80. The molecule has 0 saturated carbocycles. The first kappa shape index (κ1) is 14.0. The first-order chi connectivity index (χ1) is 8.17. The number of nitrogens with zero attached hydrogens (tertiary/aromatic N) is 1. The number of rotatable bonds is 6. The molecule has 0 saturated heterocycles. The molecule has 94 valence electrons. The van der Waals surface area contributed by atoms with Crippen LogP contribution in [-0.2, 0) is 17.8 Å². The van der Waals surface area contributed by atoms with Crippen LogP contribution in [0.2, 0.25) is 0 Å². The van der Waals surface area contributed by atoms with Crippen LogP contribution in [0.1, 0.15) is 30.9 Å². The lowest BCUT2D eigenvalue weighted by Crippen LogP contribution is -2.25. The minimum atomic E-state index is 0.158. The van der Waals surface area contributed by atoms with E-state index in [-0.39, 0.29) is 5.91 Å². The lowest BCUT2D eigenvalue weighted by atomic mass is 10.1. The smallest absolute Gasteiger partial charge is 0.222 e. The van der Waals surface area contributed by atoms with Crippen LogP contribution in [-0.4, -0.2) is 23.7 Å². The van der Waals surface area contributed by atoms with Gasteiger partial charge in [0.05, 0.1) is 0 Å². The first-order valence-electron chi connectivity index (χ1n) is 6.05. The van der Waals surface area contributed by atoms with Gasteiger partial charge in [0.25, 0.3) is 0 Å². The molecule has 3 heteroatoms. The zero-order valence-corrected chi connectivity index (χ0v) is 11.3. The summed E-state index contributed by atoms with van der Waals surface area (Å²) in [5.41, 5.74) is 2.49. The van der Waals surface area contributed by atoms with Crippen LogP contribution in [0.25, 0.3) is 0 Å². The number of aryl methyl sites for hydroxylation is 1. The normalized spacial score (nSPS) is 10.3. The fourth-order valence-corrected chi connectivity index (χ4v) is 1.78. The van der Waals surface area contributed by atoms with Gasteiger partial charge >= 0.3 is 0 Å². The van der Waals surface area contributed by atoms with Crippen molar-refractivity contribution in [2.75, 3.05) is 12.9 Å². The van der Waals surface area contributed by atoms with Crippen LogP contribution in [0, 0.1) is 0 Å². The molecule has 1 amide bonds. The summed E-state index contributed by atoms with van der Waals surface area (Å²) in [6, 6.07) is 8.41. The van der Waals surface area contributed by atoms with E-state index in [1.165, 1.54) is 11.1 Å². The highest BCUT2D eigenvalue weighted by molar-refractivity contribution is 6.17. The predicted octanol–water partition coefficient (Wildman–Crippen LogP) is 3.23. The second kappa shape index (κ2) is 7.33. The van der Waals surface area contributed by atoms with Crippen molar-refractivity contribution in [1.29, 1.82) is 0 Å². The fourth-order valence-electron chi connectivity index (χ4n) is 1.65. The second-order valence-corrected chi connectivity index (χ2v) is 4.59. The van der Waals surface area contributed by atoms with Crippen molar-refractivity contribution in [1.82, 2.24) is 4.90 Å². The Morgan fingerprint density at radius 3 is 2.35 bits per heavy atom. The molecule has 0 aliphatic carbocycles. The summed E-state index contributed by atoms with van der Waals surface area (Å²) < 4.78 is 0. The molecule has 0 aliphatic heterocycles. The Morgan fingerprint density at radius 1 is 1.24 bits per heavy atom. The maximum Gasteiger partial charge on any atom is 0.222 e. The molecule has 0 aromatic heterocycles. The van der Waals surface area contributed by atoms with E-state index in [1.54, 1.807) is 4.90 Å². The molecular weight excluding hydrogens is 234 g/mol. The van der Waals surface area contributed by atoms with Gasteiger partial charge in [0.2, 0.25) is 5.91 Å². The van der Waals surface area contributed by atoms with E-state index in [0.29, 0.717) is 18.8 Å². The van der Waals surface area contributed by atoms with Crippen LogP contribution in [0.4, 0.5) is 0 Å². The van der Waals surface area contributed by atoms with Crippen LogP contribution >= 0.6 is 11.6 Å². The van der Waals surface area contributed by atoms with E-state index in [2.05, 4.69) is 31.2 Å². The lowest BCUT2D eigenvalue weighted by molar-refractivity contribution is -0.130. The summed E-state index contributed by atoms with van der Waals surface area (Å²) in [4.78, 5) is 13.5. The highest BCUT2D eigenvalue weighted by Crippen LogP contribution is 2.08. The molecule has 0 atom stereocenters. The molecular formula is C14H20ClNO. The molecule has 0 spiro atoms. The SMILES string of the molecule is CCc1ccc(CN(C)C(=O)CCCCl)cc1.